The first-order valence-corrected chi connectivity index (χ1v) is 8.54. The van der Waals surface area contributed by atoms with E-state index < -0.39 is 8.32 Å². The summed E-state index contributed by atoms with van der Waals surface area (Å²) in [5.74, 6) is 0. The van der Waals surface area contributed by atoms with Gasteiger partial charge in [0.05, 0.1) is 6.10 Å². The summed E-state index contributed by atoms with van der Waals surface area (Å²) in [7, 11) is 0.498. The van der Waals surface area contributed by atoms with E-state index in [0.717, 1.165) is 0 Å². The molecule has 0 aromatic rings. The zero-order valence-electron chi connectivity index (χ0n) is 10.5. The van der Waals surface area contributed by atoms with Crippen molar-refractivity contribution in [3.05, 3.63) is 0 Å². The summed E-state index contributed by atoms with van der Waals surface area (Å²) in [6, 6.07) is 0.601. The molecule has 0 aliphatic heterocycles. The third-order valence-electron chi connectivity index (χ3n) is 3.83. The first-order chi connectivity index (χ1) is 6.28. The molecule has 1 aliphatic carbocycles. The van der Waals surface area contributed by atoms with Crippen LogP contribution in [0.1, 0.15) is 33.6 Å². The Labute approximate surface area is 89.6 Å². The first-order valence-electron chi connectivity index (χ1n) is 5.63. The van der Waals surface area contributed by atoms with Gasteiger partial charge in [-0.3, -0.25) is 0 Å². The summed E-state index contributed by atoms with van der Waals surface area (Å²) < 4.78 is 6.32. The Balaban J connectivity index is 2.51. The Hall–Kier alpha value is 0.137. The molecule has 1 rings (SSSR count). The van der Waals surface area contributed by atoms with Crippen LogP contribution in [-0.2, 0) is 4.43 Å². The summed E-state index contributed by atoms with van der Waals surface area (Å²) in [6.45, 7) is 11.6. The molecule has 0 aromatic heterocycles. The van der Waals surface area contributed by atoms with E-state index in [1.165, 1.54) is 12.8 Å². The predicted octanol–water partition coefficient (Wildman–Crippen LogP) is 2.76. The van der Waals surface area contributed by atoms with Crippen LogP contribution in [0, 0.1) is 0 Å². The van der Waals surface area contributed by atoms with Gasteiger partial charge in [-0.25, -0.2) is 0 Å². The molecule has 84 valence electrons. The molecule has 14 heavy (non-hydrogen) atoms. The zero-order valence-corrected chi connectivity index (χ0v) is 11.5. The standard InChI is InChI=1S/C11H25NOSi/c1-11(2,3)14(5,6)13-10-8-7-9(10)12-4/h9-10,12H,7-8H2,1-6H3/t9-,10-/m0/s1. The summed E-state index contributed by atoms with van der Waals surface area (Å²) in [6.07, 6.45) is 2.98. The van der Waals surface area contributed by atoms with E-state index in [-0.39, 0.29) is 0 Å². The number of hydrogen-bond acceptors (Lipinski definition) is 2. The third-order valence-corrected chi connectivity index (χ3v) is 8.34. The van der Waals surface area contributed by atoms with Gasteiger partial charge >= 0.3 is 0 Å². The Kier molecular flexibility index (Phi) is 3.44. The van der Waals surface area contributed by atoms with Crippen molar-refractivity contribution in [3.8, 4) is 0 Å². The molecule has 2 nitrogen and oxygen atoms in total. The second-order valence-electron chi connectivity index (χ2n) is 5.89. The topological polar surface area (TPSA) is 21.3 Å². The maximum atomic E-state index is 6.32. The van der Waals surface area contributed by atoms with Crippen molar-refractivity contribution in [1.82, 2.24) is 5.32 Å². The largest absolute Gasteiger partial charge is 0.412 e. The van der Waals surface area contributed by atoms with Crippen LogP contribution in [0.3, 0.4) is 0 Å². The predicted molar refractivity (Wildman–Crippen MR) is 64.2 cm³/mol. The molecule has 0 bridgehead atoms. The lowest BCUT2D eigenvalue weighted by Gasteiger charge is -2.45. The van der Waals surface area contributed by atoms with Gasteiger partial charge < -0.3 is 9.74 Å². The average Bonchev–Trinajstić information content (AvgIpc) is 1.97. The van der Waals surface area contributed by atoms with Crippen molar-refractivity contribution in [2.75, 3.05) is 7.05 Å². The van der Waals surface area contributed by atoms with Gasteiger partial charge in [-0.05, 0) is 38.0 Å². The van der Waals surface area contributed by atoms with E-state index in [4.69, 9.17) is 4.43 Å². The van der Waals surface area contributed by atoms with Crippen molar-refractivity contribution in [3.63, 3.8) is 0 Å². The highest BCUT2D eigenvalue weighted by atomic mass is 28.4. The van der Waals surface area contributed by atoms with Crippen molar-refractivity contribution < 1.29 is 4.43 Å². The van der Waals surface area contributed by atoms with Crippen LogP contribution in [0.15, 0.2) is 0 Å². The van der Waals surface area contributed by atoms with Gasteiger partial charge in [0.2, 0.25) is 0 Å². The monoisotopic (exact) mass is 215 g/mol. The third kappa shape index (κ3) is 2.38. The minimum absolute atomic E-state index is 0.334. The molecule has 0 amide bonds. The molecular formula is C11H25NOSi. The second kappa shape index (κ2) is 3.95. The van der Waals surface area contributed by atoms with Gasteiger partial charge in [-0.15, -0.1) is 0 Å². The summed E-state index contributed by atoms with van der Waals surface area (Å²) in [5.41, 5.74) is 0. The molecule has 0 radical (unpaired) electrons. The number of hydrogen-bond donors (Lipinski definition) is 1. The second-order valence-corrected chi connectivity index (χ2v) is 10.6. The van der Waals surface area contributed by atoms with Gasteiger partial charge in [0, 0.05) is 6.04 Å². The van der Waals surface area contributed by atoms with E-state index in [0.29, 0.717) is 17.2 Å². The fraction of sp³-hybridized carbons (Fsp3) is 1.00. The van der Waals surface area contributed by atoms with Crippen LogP contribution < -0.4 is 5.32 Å². The molecule has 0 aromatic carbocycles. The smallest absolute Gasteiger partial charge is 0.192 e. The first kappa shape index (κ1) is 12.2. The molecule has 1 fully saturated rings. The van der Waals surface area contributed by atoms with E-state index in [1.54, 1.807) is 0 Å². The maximum Gasteiger partial charge on any atom is 0.192 e. The van der Waals surface area contributed by atoms with E-state index >= 15 is 0 Å². The fourth-order valence-electron chi connectivity index (χ4n) is 1.50. The molecule has 2 atom stereocenters. The molecule has 1 aliphatic rings. The summed E-state index contributed by atoms with van der Waals surface area (Å²) in [5, 5.41) is 3.66. The van der Waals surface area contributed by atoms with E-state index in [1.807, 2.05) is 7.05 Å². The van der Waals surface area contributed by atoms with Gasteiger partial charge in [0.1, 0.15) is 0 Å². The Bertz CT molecular complexity index is 196. The van der Waals surface area contributed by atoms with Crippen molar-refractivity contribution in [1.29, 1.82) is 0 Å². The number of likely N-dealkylation sites (N-methyl/N-ethyl adjacent to an activating group) is 1. The van der Waals surface area contributed by atoms with Crippen LogP contribution in [0.4, 0.5) is 0 Å². The lowest BCUT2D eigenvalue weighted by Crippen LogP contribution is -2.54. The minimum Gasteiger partial charge on any atom is -0.412 e. The summed E-state index contributed by atoms with van der Waals surface area (Å²) in [4.78, 5) is 0. The van der Waals surface area contributed by atoms with E-state index in [2.05, 4.69) is 39.2 Å². The average molecular weight is 215 g/mol. The molecule has 3 heteroatoms. The van der Waals surface area contributed by atoms with Gasteiger partial charge in [0.25, 0.3) is 0 Å². The number of nitrogens with one attached hydrogen (secondary N) is 1. The minimum atomic E-state index is -1.54. The van der Waals surface area contributed by atoms with Crippen molar-refractivity contribution in [2.45, 2.75) is 63.9 Å². The maximum absolute atomic E-state index is 6.32. The molecule has 1 saturated carbocycles. The lowest BCUT2D eigenvalue weighted by molar-refractivity contribution is 0.0638. The Morgan fingerprint density at radius 1 is 1.21 bits per heavy atom. The Morgan fingerprint density at radius 3 is 2.07 bits per heavy atom. The van der Waals surface area contributed by atoms with E-state index in [9.17, 15) is 0 Å². The van der Waals surface area contributed by atoms with Gasteiger partial charge in [-0.1, -0.05) is 20.8 Å². The highest BCUT2D eigenvalue weighted by molar-refractivity contribution is 6.74. The van der Waals surface area contributed by atoms with Crippen LogP contribution in [0.5, 0.6) is 0 Å². The quantitative estimate of drug-likeness (QED) is 0.731. The van der Waals surface area contributed by atoms with Gasteiger partial charge in [0.15, 0.2) is 8.32 Å². The van der Waals surface area contributed by atoms with Crippen molar-refractivity contribution in [2.24, 2.45) is 0 Å². The van der Waals surface area contributed by atoms with Crippen LogP contribution in [0.2, 0.25) is 18.1 Å². The molecule has 0 unspecified atom stereocenters. The van der Waals surface area contributed by atoms with Gasteiger partial charge in [-0.2, -0.15) is 0 Å². The lowest BCUT2D eigenvalue weighted by atomic mass is 9.90. The highest BCUT2D eigenvalue weighted by Crippen LogP contribution is 2.39. The van der Waals surface area contributed by atoms with Crippen LogP contribution >= 0.6 is 0 Å². The molecule has 0 spiro atoms. The number of rotatable bonds is 3. The normalized spacial score (nSPS) is 28.7. The molecular weight excluding hydrogens is 190 g/mol. The Morgan fingerprint density at radius 2 is 1.79 bits per heavy atom. The van der Waals surface area contributed by atoms with Crippen molar-refractivity contribution >= 4 is 8.32 Å². The van der Waals surface area contributed by atoms with Crippen LogP contribution in [-0.4, -0.2) is 27.5 Å². The molecule has 0 heterocycles. The molecule has 0 saturated heterocycles. The molecule has 1 N–H and O–H groups in total. The zero-order chi connectivity index (χ0) is 11.0. The highest BCUT2D eigenvalue weighted by Gasteiger charge is 2.42. The fourth-order valence-corrected chi connectivity index (χ4v) is 2.89. The summed E-state index contributed by atoms with van der Waals surface area (Å²) >= 11 is 0. The van der Waals surface area contributed by atoms with Crippen LogP contribution in [0.25, 0.3) is 0 Å². The SMILES string of the molecule is CN[C@H]1CC[C@@H]1O[Si](C)(C)C(C)(C)C.